The molecule has 0 amide bonds. The van der Waals surface area contributed by atoms with Crippen molar-refractivity contribution in [2.45, 2.75) is 60.5 Å². The van der Waals surface area contributed by atoms with Crippen LogP contribution in [0.25, 0.3) is 0 Å². The largest absolute Gasteiger partial charge is 0.541 e. The van der Waals surface area contributed by atoms with Gasteiger partial charge in [-0.25, -0.2) is 0 Å². The fourth-order valence-electron chi connectivity index (χ4n) is 2.66. The van der Waals surface area contributed by atoms with Gasteiger partial charge in [-0.2, -0.15) is 0 Å². The highest BCUT2D eigenvalue weighted by Crippen LogP contribution is 2.23. The third kappa shape index (κ3) is 5.48. The van der Waals surface area contributed by atoms with E-state index in [0.29, 0.717) is 31.9 Å². The molecule has 0 fully saturated rings. The number of anilines is 2. The highest BCUT2D eigenvalue weighted by molar-refractivity contribution is 6.78. The molecular weight excluding hydrogens is 320 g/mol. The summed E-state index contributed by atoms with van der Waals surface area (Å²) in [5, 5.41) is 8.04. The number of nitrogens with one attached hydrogen (secondary N) is 2. The van der Waals surface area contributed by atoms with Crippen LogP contribution in [0.1, 0.15) is 48.5 Å². The molecule has 0 atom stereocenters. The van der Waals surface area contributed by atoms with E-state index in [4.69, 9.17) is 13.3 Å². The molecule has 24 heavy (non-hydrogen) atoms. The fraction of sp³-hybridized carbons (Fsp3) is 0.667. The highest BCUT2D eigenvalue weighted by atomic mass is 28.4. The fourth-order valence-corrected chi connectivity index (χ4v) is 5.45. The molecule has 6 heteroatoms. The van der Waals surface area contributed by atoms with Gasteiger partial charge >= 0.3 is 8.80 Å². The SMILES string of the molecule is CCO[Si](OCC)(OCC)c1c(NC(C)C)cccc1NC(C)C. The van der Waals surface area contributed by atoms with E-state index in [1.165, 1.54) is 0 Å². The summed E-state index contributed by atoms with van der Waals surface area (Å²) in [6.07, 6.45) is 0. The lowest BCUT2D eigenvalue weighted by Crippen LogP contribution is -2.58. The Balaban J connectivity index is 3.54. The van der Waals surface area contributed by atoms with Crippen molar-refractivity contribution < 1.29 is 13.3 Å². The molecular formula is C18H34N2O3Si. The Morgan fingerprint density at radius 1 is 0.792 bits per heavy atom. The molecule has 1 aromatic carbocycles. The number of rotatable bonds is 11. The molecule has 0 aliphatic rings. The Bertz CT molecular complexity index is 450. The van der Waals surface area contributed by atoms with E-state index in [2.05, 4.69) is 50.5 Å². The van der Waals surface area contributed by atoms with E-state index in [0.717, 1.165) is 16.6 Å². The van der Waals surface area contributed by atoms with Crippen LogP contribution in [-0.4, -0.2) is 40.7 Å². The maximum absolute atomic E-state index is 6.16. The summed E-state index contributed by atoms with van der Waals surface area (Å²) in [6, 6.07) is 6.78. The summed E-state index contributed by atoms with van der Waals surface area (Å²) in [7, 11) is -3.02. The van der Waals surface area contributed by atoms with E-state index < -0.39 is 8.80 Å². The smallest absolute Gasteiger partial charge is 0.383 e. The van der Waals surface area contributed by atoms with Gasteiger partial charge in [0.1, 0.15) is 0 Å². The number of hydrogen-bond acceptors (Lipinski definition) is 5. The summed E-state index contributed by atoms with van der Waals surface area (Å²) in [4.78, 5) is 0. The Hall–Kier alpha value is -1.08. The molecule has 138 valence electrons. The minimum absolute atomic E-state index is 0.301. The molecule has 0 unspecified atom stereocenters. The van der Waals surface area contributed by atoms with E-state index >= 15 is 0 Å². The van der Waals surface area contributed by atoms with Gasteiger partial charge in [-0.1, -0.05) is 6.07 Å². The second kappa shape index (κ2) is 10.0. The van der Waals surface area contributed by atoms with Gasteiger partial charge in [-0.3, -0.25) is 0 Å². The summed E-state index contributed by atoms with van der Waals surface area (Å²) in [6.45, 7) is 16.1. The van der Waals surface area contributed by atoms with Gasteiger partial charge in [0.2, 0.25) is 0 Å². The van der Waals surface area contributed by atoms with Crippen LogP contribution in [-0.2, 0) is 13.3 Å². The summed E-state index contributed by atoms with van der Waals surface area (Å²) < 4.78 is 18.5. The maximum atomic E-state index is 6.16. The van der Waals surface area contributed by atoms with Gasteiger partial charge in [0.25, 0.3) is 0 Å². The first-order chi connectivity index (χ1) is 11.4. The van der Waals surface area contributed by atoms with Gasteiger partial charge in [0.05, 0.1) is 5.19 Å². The van der Waals surface area contributed by atoms with Crippen molar-refractivity contribution in [1.82, 2.24) is 0 Å². The minimum Gasteiger partial charge on any atom is -0.383 e. The lowest BCUT2D eigenvalue weighted by atomic mass is 10.2. The monoisotopic (exact) mass is 354 g/mol. The first kappa shape index (κ1) is 21.0. The molecule has 1 rings (SSSR count). The number of benzene rings is 1. The van der Waals surface area contributed by atoms with Crippen molar-refractivity contribution in [2.75, 3.05) is 30.5 Å². The summed E-state index contributed by atoms with van der Waals surface area (Å²) in [5.74, 6) is 0. The van der Waals surface area contributed by atoms with Crippen LogP contribution in [0.5, 0.6) is 0 Å². The molecule has 0 bridgehead atoms. The standard InChI is InChI=1S/C18H34N2O3Si/c1-8-21-24(22-9-2,23-10-3)18-16(19-14(4)5)12-11-13-17(18)20-15(6)7/h11-15,19-20H,8-10H2,1-7H3. The predicted octanol–water partition coefficient (Wildman–Crippen LogP) is 3.58. The van der Waals surface area contributed by atoms with Crippen LogP contribution in [0.2, 0.25) is 0 Å². The third-order valence-corrected chi connectivity index (χ3v) is 6.42. The van der Waals surface area contributed by atoms with E-state index in [9.17, 15) is 0 Å². The molecule has 0 spiro atoms. The lowest BCUT2D eigenvalue weighted by molar-refractivity contribution is 0.0862. The van der Waals surface area contributed by atoms with E-state index in [1.54, 1.807) is 0 Å². The lowest BCUT2D eigenvalue weighted by Gasteiger charge is -2.33. The zero-order valence-electron chi connectivity index (χ0n) is 16.2. The topological polar surface area (TPSA) is 51.8 Å². The van der Waals surface area contributed by atoms with Gasteiger partial charge < -0.3 is 23.9 Å². The van der Waals surface area contributed by atoms with Crippen LogP contribution >= 0.6 is 0 Å². The van der Waals surface area contributed by atoms with Crippen molar-refractivity contribution in [3.8, 4) is 0 Å². The van der Waals surface area contributed by atoms with Crippen LogP contribution in [0.15, 0.2) is 18.2 Å². The summed E-state index contributed by atoms with van der Waals surface area (Å²) in [5.41, 5.74) is 2.02. The first-order valence-corrected chi connectivity index (χ1v) is 10.7. The van der Waals surface area contributed by atoms with Crippen molar-refractivity contribution in [3.63, 3.8) is 0 Å². The molecule has 0 radical (unpaired) electrons. The zero-order chi connectivity index (χ0) is 18.2. The van der Waals surface area contributed by atoms with Gasteiger partial charge in [0, 0.05) is 43.3 Å². The molecule has 1 aromatic rings. The second-order valence-corrected chi connectivity index (χ2v) is 8.66. The van der Waals surface area contributed by atoms with Crippen molar-refractivity contribution >= 4 is 25.4 Å². The molecule has 0 saturated carbocycles. The Labute approximate surface area is 148 Å². The van der Waals surface area contributed by atoms with Crippen LogP contribution in [0, 0.1) is 0 Å². The highest BCUT2D eigenvalue weighted by Gasteiger charge is 2.47. The van der Waals surface area contributed by atoms with Crippen LogP contribution < -0.4 is 15.8 Å². The van der Waals surface area contributed by atoms with E-state index in [-0.39, 0.29) is 0 Å². The second-order valence-electron chi connectivity index (χ2n) is 6.18. The Morgan fingerprint density at radius 3 is 1.46 bits per heavy atom. The Morgan fingerprint density at radius 2 is 1.17 bits per heavy atom. The van der Waals surface area contributed by atoms with Gasteiger partial charge in [0.15, 0.2) is 0 Å². The number of hydrogen-bond donors (Lipinski definition) is 2. The molecule has 0 aliphatic heterocycles. The molecule has 5 nitrogen and oxygen atoms in total. The van der Waals surface area contributed by atoms with Crippen molar-refractivity contribution in [3.05, 3.63) is 18.2 Å². The van der Waals surface area contributed by atoms with Gasteiger partial charge in [-0.15, -0.1) is 0 Å². The molecule has 0 heterocycles. The third-order valence-electron chi connectivity index (χ3n) is 3.26. The van der Waals surface area contributed by atoms with Gasteiger partial charge in [-0.05, 0) is 60.6 Å². The average Bonchev–Trinajstić information content (AvgIpc) is 2.46. The predicted molar refractivity (Wildman–Crippen MR) is 104 cm³/mol. The van der Waals surface area contributed by atoms with Crippen LogP contribution in [0.3, 0.4) is 0 Å². The first-order valence-electron chi connectivity index (χ1n) is 8.98. The van der Waals surface area contributed by atoms with E-state index in [1.807, 2.05) is 26.8 Å². The molecule has 2 N–H and O–H groups in total. The molecule has 0 aromatic heterocycles. The minimum atomic E-state index is -3.02. The average molecular weight is 355 g/mol. The summed E-state index contributed by atoms with van der Waals surface area (Å²) >= 11 is 0. The molecule has 0 aliphatic carbocycles. The van der Waals surface area contributed by atoms with Crippen molar-refractivity contribution in [1.29, 1.82) is 0 Å². The Kier molecular flexibility index (Phi) is 8.76. The van der Waals surface area contributed by atoms with Crippen LogP contribution in [0.4, 0.5) is 11.4 Å². The maximum Gasteiger partial charge on any atom is 0.541 e. The normalized spacial score (nSPS) is 12.0. The van der Waals surface area contributed by atoms with Crippen molar-refractivity contribution in [2.24, 2.45) is 0 Å². The zero-order valence-corrected chi connectivity index (χ0v) is 17.2. The molecule has 0 saturated heterocycles. The quantitative estimate of drug-likeness (QED) is 0.595.